The molecule has 1 heterocycles. The molecule has 0 spiro atoms. The Morgan fingerprint density at radius 3 is 2.50 bits per heavy atom. The second-order valence-electron chi connectivity index (χ2n) is 4.99. The van der Waals surface area contributed by atoms with Gasteiger partial charge in [-0.25, -0.2) is 4.98 Å². The number of hydrogen-bond acceptors (Lipinski definition) is 3. The summed E-state index contributed by atoms with van der Waals surface area (Å²) >= 11 is 0. The predicted molar refractivity (Wildman–Crippen MR) is 84.1 cm³/mol. The van der Waals surface area contributed by atoms with E-state index in [2.05, 4.69) is 22.5 Å². The minimum Gasteiger partial charge on any atom is -0.384 e. The average Bonchev–Trinajstić information content (AvgIpc) is 2.47. The molecule has 4 heteroatoms. The molecular weight excluding hydrogens is 250 g/mol. The van der Waals surface area contributed by atoms with Crippen molar-refractivity contribution in [3.05, 3.63) is 24.0 Å². The number of aromatic nitrogens is 1. The number of carbonyl (C=O) groups excluding carboxylic acids is 1. The van der Waals surface area contributed by atoms with Crippen LogP contribution in [0, 0.1) is 0 Å². The largest absolute Gasteiger partial charge is 0.384 e. The molecule has 1 rings (SSSR count). The lowest BCUT2D eigenvalue weighted by Gasteiger charge is -2.06. The molecule has 0 saturated carbocycles. The molecule has 0 aliphatic carbocycles. The molecule has 0 bridgehead atoms. The molecule has 4 nitrogen and oxygen atoms in total. The smallest absolute Gasteiger partial charge is 0.269 e. The fourth-order valence-corrected chi connectivity index (χ4v) is 2.03. The maximum atomic E-state index is 11.9. The van der Waals surface area contributed by atoms with Gasteiger partial charge in [0.2, 0.25) is 0 Å². The summed E-state index contributed by atoms with van der Waals surface area (Å²) < 4.78 is 0. The zero-order valence-electron chi connectivity index (χ0n) is 12.7. The fourth-order valence-electron chi connectivity index (χ4n) is 2.03. The van der Waals surface area contributed by atoms with Gasteiger partial charge >= 0.3 is 0 Å². The number of carbonyl (C=O) groups is 1. The number of nitrogens with one attached hydrogen (secondary N) is 2. The van der Waals surface area contributed by atoms with Crippen LogP contribution in [0.3, 0.4) is 0 Å². The van der Waals surface area contributed by atoms with Crippen LogP contribution in [0.2, 0.25) is 0 Å². The Balaban J connectivity index is 2.18. The number of rotatable bonds is 10. The van der Waals surface area contributed by atoms with Gasteiger partial charge in [-0.3, -0.25) is 4.79 Å². The molecule has 0 aliphatic rings. The van der Waals surface area contributed by atoms with Crippen LogP contribution in [0.5, 0.6) is 0 Å². The summed E-state index contributed by atoms with van der Waals surface area (Å²) in [7, 11) is 0. The lowest BCUT2D eigenvalue weighted by atomic mass is 10.1. The van der Waals surface area contributed by atoms with Crippen molar-refractivity contribution in [3.63, 3.8) is 0 Å². The Kier molecular flexibility index (Phi) is 8.43. The van der Waals surface area contributed by atoms with E-state index >= 15 is 0 Å². The van der Waals surface area contributed by atoms with Gasteiger partial charge in [0.25, 0.3) is 5.91 Å². The molecule has 0 saturated heterocycles. The summed E-state index contributed by atoms with van der Waals surface area (Å²) in [6.07, 6.45) is 9.08. The van der Waals surface area contributed by atoms with Crippen molar-refractivity contribution < 1.29 is 4.79 Å². The summed E-state index contributed by atoms with van der Waals surface area (Å²) in [6.45, 7) is 5.84. The highest BCUT2D eigenvalue weighted by molar-refractivity contribution is 5.92. The minimum atomic E-state index is -0.0818. The van der Waals surface area contributed by atoms with Crippen molar-refractivity contribution in [2.45, 2.75) is 52.4 Å². The van der Waals surface area contributed by atoms with Crippen LogP contribution in [0.1, 0.15) is 62.9 Å². The Bertz CT molecular complexity index is 376. The van der Waals surface area contributed by atoms with Gasteiger partial charge in [0.05, 0.1) is 11.9 Å². The van der Waals surface area contributed by atoms with Gasteiger partial charge in [-0.15, -0.1) is 0 Å². The number of pyridine rings is 1. The highest BCUT2D eigenvalue weighted by Crippen LogP contribution is 2.06. The molecule has 0 radical (unpaired) electrons. The van der Waals surface area contributed by atoms with Gasteiger partial charge in [-0.05, 0) is 25.5 Å². The molecule has 20 heavy (non-hydrogen) atoms. The van der Waals surface area contributed by atoms with Gasteiger partial charge in [0.1, 0.15) is 5.69 Å². The summed E-state index contributed by atoms with van der Waals surface area (Å²) in [5, 5.41) is 6.08. The number of nitrogens with zero attached hydrogens (tertiary/aromatic N) is 1. The first-order valence-electron chi connectivity index (χ1n) is 7.76. The molecule has 0 atom stereocenters. The number of amides is 1. The van der Waals surface area contributed by atoms with Gasteiger partial charge < -0.3 is 10.6 Å². The molecule has 2 N–H and O–H groups in total. The summed E-state index contributed by atoms with van der Waals surface area (Å²) in [5.74, 6) is -0.0818. The van der Waals surface area contributed by atoms with Crippen LogP contribution in [-0.2, 0) is 0 Å². The quantitative estimate of drug-likeness (QED) is 0.642. The lowest BCUT2D eigenvalue weighted by Crippen LogP contribution is -2.25. The highest BCUT2D eigenvalue weighted by atomic mass is 16.1. The van der Waals surface area contributed by atoms with Gasteiger partial charge in [0, 0.05) is 13.1 Å². The molecule has 0 aromatic carbocycles. The van der Waals surface area contributed by atoms with E-state index in [-0.39, 0.29) is 5.91 Å². The molecule has 112 valence electrons. The highest BCUT2D eigenvalue weighted by Gasteiger charge is 2.05. The van der Waals surface area contributed by atoms with E-state index in [1.165, 1.54) is 32.1 Å². The second-order valence-corrected chi connectivity index (χ2v) is 4.99. The summed E-state index contributed by atoms with van der Waals surface area (Å²) in [5.41, 5.74) is 1.43. The standard InChI is InChI=1S/C16H27N3O/c1-3-5-6-7-8-9-12-18-16(20)15-11-10-14(13-19-15)17-4-2/h10-11,13,17H,3-9,12H2,1-2H3,(H,18,20). The number of anilines is 1. The van der Waals surface area contributed by atoms with E-state index < -0.39 is 0 Å². The van der Waals surface area contributed by atoms with Crippen molar-refractivity contribution in [1.82, 2.24) is 10.3 Å². The summed E-state index contributed by atoms with van der Waals surface area (Å²) in [6, 6.07) is 3.64. The van der Waals surface area contributed by atoms with E-state index in [0.717, 1.165) is 25.2 Å². The number of unbranched alkanes of at least 4 members (excludes halogenated alkanes) is 5. The minimum absolute atomic E-state index is 0.0818. The third-order valence-electron chi connectivity index (χ3n) is 3.19. The number of hydrogen-bond donors (Lipinski definition) is 2. The van der Waals surface area contributed by atoms with Crippen molar-refractivity contribution in [1.29, 1.82) is 0 Å². The maximum Gasteiger partial charge on any atom is 0.269 e. The zero-order valence-corrected chi connectivity index (χ0v) is 12.7. The Hall–Kier alpha value is -1.58. The van der Waals surface area contributed by atoms with E-state index in [0.29, 0.717) is 5.69 Å². The van der Waals surface area contributed by atoms with Gasteiger partial charge in [0.15, 0.2) is 0 Å². The lowest BCUT2D eigenvalue weighted by molar-refractivity contribution is 0.0948. The first-order valence-corrected chi connectivity index (χ1v) is 7.76. The SMILES string of the molecule is CCCCCCCCNC(=O)c1ccc(NCC)cn1. The Morgan fingerprint density at radius 2 is 1.85 bits per heavy atom. The first kappa shape index (κ1) is 16.5. The van der Waals surface area contributed by atoms with Crippen LogP contribution in [0.25, 0.3) is 0 Å². The van der Waals surface area contributed by atoms with Crippen molar-refractivity contribution in [2.24, 2.45) is 0 Å². The first-order chi connectivity index (χ1) is 9.77. The van der Waals surface area contributed by atoms with Crippen molar-refractivity contribution in [2.75, 3.05) is 18.4 Å². The third-order valence-corrected chi connectivity index (χ3v) is 3.19. The Morgan fingerprint density at radius 1 is 1.10 bits per heavy atom. The molecular formula is C16H27N3O. The van der Waals surface area contributed by atoms with Crippen molar-refractivity contribution in [3.8, 4) is 0 Å². The molecule has 0 fully saturated rings. The summed E-state index contributed by atoms with van der Waals surface area (Å²) in [4.78, 5) is 16.0. The topological polar surface area (TPSA) is 54.0 Å². The molecule has 1 aromatic heterocycles. The van der Waals surface area contributed by atoms with Crippen molar-refractivity contribution >= 4 is 11.6 Å². The molecule has 1 aromatic rings. The van der Waals surface area contributed by atoms with Crippen LogP contribution >= 0.6 is 0 Å². The third kappa shape index (κ3) is 6.55. The fraction of sp³-hybridized carbons (Fsp3) is 0.625. The molecule has 1 amide bonds. The predicted octanol–water partition coefficient (Wildman–Crippen LogP) is 3.60. The van der Waals surface area contributed by atoms with Crippen LogP contribution in [-0.4, -0.2) is 24.0 Å². The average molecular weight is 277 g/mol. The zero-order chi connectivity index (χ0) is 14.6. The molecule has 0 unspecified atom stereocenters. The van der Waals surface area contributed by atoms with Crippen LogP contribution < -0.4 is 10.6 Å². The van der Waals surface area contributed by atoms with Crippen LogP contribution in [0.4, 0.5) is 5.69 Å². The van der Waals surface area contributed by atoms with Crippen LogP contribution in [0.15, 0.2) is 18.3 Å². The van der Waals surface area contributed by atoms with Gasteiger partial charge in [-0.1, -0.05) is 39.0 Å². The van der Waals surface area contributed by atoms with Gasteiger partial charge in [-0.2, -0.15) is 0 Å². The second kappa shape index (κ2) is 10.2. The van der Waals surface area contributed by atoms with E-state index in [1.807, 2.05) is 13.0 Å². The Labute approximate surface area is 122 Å². The maximum absolute atomic E-state index is 11.9. The molecule has 0 aliphatic heterocycles. The van der Waals surface area contributed by atoms with E-state index in [1.54, 1.807) is 12.3 Å². The van der Waals surface area contributed by atoms with E-state index in [4.69, 9.17) is 0 Å². The normalized spacial score (nSPS) is 10.3. The monoisotopic (exact) mass is 277 g/mol. The van der Waals surface area contributed by atoms with E-state index in [9.17, 15) is 4.79 Å².